The third kappa shape index (κ3) is 5.50. The molecule has 2 heterocycles. The molecule has 2 aliphatic rings. The van der Waals surface area contributed by atoms with E-state index in [0.717, 1.165) is 71.3 Å². The summed E-state index contributed by atoms with van der Waals surface area (Å²) < 4.78 is 5.36. The van der Waals surface area contributed by atoms with Gasteiger partial charge in [0.25, 0.3) is 0 Å². The van der Waals surface area contributed by atoms with Gasteiger partial charge in [-0.1, -0.05) is 25.5 Å². The highest BCUT2D eigenvalue weighted by Crippen LogP contribution is 2.16. The first-order chi connectivity index (χ1) is 11.3. The second-order valence-electron chi connectivity index (χ2n) is 6.28. The van der Waals surface area contributed by atoms with E-state index in [-0.39, 0.29) is 0 Å². The minimum atomic E-state index is 0.673. The summed E-state index contributed by atoms with van der Waals surface area (Å²) in [6.45, 7) is 14.6. The van der Waals surface area contributed by atoms with Gasteiger partial charge >= 0.3 is 0 Å². The molecular weight excluding hydrogens is 288 g/mol. The molecule has 5 heteroatoms. The van der Waals surface area contributed by atoms with E-state index in [1.165, 1.54) is 12.0 Å². The molecule has 0 aromatic rings. The summed E-state index contributed by atoms with van der Waals surface area (Å²) in [4.78, 5) is 9.87. The number of nitrogens with zero attached hydrogens (tertiary/aromatic N) is 3. The van der Waals surface area contributed by atoms with Crippen molar-refractivity contribution in [2.75, 3.05) is 52.5 Å². The quantitative estimate of drug-likeness (QED) is 0.443. The van der Waals surface area contributed by atoms with Gasteiger partial charge in [-0.15, -0.1) is 0 Å². The van der Waals surface area contributed by atoms with Crippen LogP contribution in [0, 0.1) is 0 Å². The lowest BCUT2D eigenvalue weighted by atomic mass is 10.1. The zero-order valence-electron chi connectivity index (χ0n) is 15.2. The number of guanidine groups is 1. The lowest BCUT2D eigenvalue weighted by Crippen LogP contribution is -2.43. The van der Waals surface area contributed by atoms with Gasteiger partial charge in [-0.2, -0.15) is 0 Å². The molecule has 0 aliphatic carbocycles. The fourth-order valence-electron chi connectivity index (χ4n) is 3.50. The van der Waals surface area contributed by atoms with Crippen molar-refractivity contribution in [2.24, 2.45) is 4.99 Å². The van der Waals surface area contributed by atoms with Crippen molar-refractivity contribution in [2.45, 2.75) is 46.1 Å². The van der Waals surface area contributed by atoms with E-state index in [2.05, 4.69) is 42.0 Å². The lowest BCUT2D eigenvalue weighted by molar-refractivity contribution is 0.153. The lowest BCUT2D eigenvalue weighted by Gasteiger charge is -2.27. The zero-order valence-corrected chi connectivity index (χ0v) is 15.2. The van der Waals surface area contributed by atoms with Gasteiger partial charge < -0.3 is 15.0 Å². The summed E-state index contributed by atoms with van der Waals surface area (Å²) in [5.74, 6) is 1.09. The largest absolute Gasteiger partial charge is 0.377 e. The van der Waals surface area contributed by atoms with E-state index in [4.69, 9.17) is 9.73 Å². The van der Waals surface area contributed by atoms with Crippen LogP contribution in [-0.2, 0) is 4.74 Å². The summed E-state index contributed by atoms with van der Waals surface area (Å²) in [5.41, 5.74) is 1.50. The maximum Gasteiger partial charge on any atom is 0.193 e. The van der Waals surface area contributed by atoms with Crippen LogP contribution in [-0.4, -0.2) is 74.3 Å². The van der Waals surface area contributed by atoms with Gasteiger partial charge in [-0.25, -0.2) is 0 Å². The topological polar surface area (TPSA) is 40.1 Å². The first-order valence-electron chi connectivity index (χ1n) is 9.31. The number of ether oxygens (including phenoxy) is 1. The van der Waals surface area contributed by atoms with Gasteiger partial charge in [-0.05, 0) is 39.3 Å². The zero-order chi connectivity index (χ0) is 16.5. The molecule has 1 unspecified atom stereocenters. The second kappa shape index (κ2) is 9.93. The Morgan fingerprint density at radius 2 is 2.22 bits per heavy atom. The molecule has 0 radical (unpaired) electrons. The fraction of sp³-hybridized carbons (Fsp3) is 0.833. The number of likely N-dealkylation sites (tertiary alicyclic amines) is 1. The Morgan fingerprint density at radius 3 is 2.87 bits per heavy atom. The molecule has 0 spiro atoms. The maximum absolute atomic E-state index is 5.36. The molecule has 2 aliphatic heterocycles. The van der Waals surface area contributed by atoms with Crippen molar-refractivity contribution in [1.82, 2.24) is 15.1 Å². The van der Waals surface area contributed by atoms with Crippen molar-refractivity contribution < 1.29 is 4.74 Å². The second-order valence-corrected chi connectivity index (χ2v) is 6.28. The molecule has 23 heavy (non-hydrogen) atoms. The Bertz CT molecular complexity index is 404. The number of aliphatic imine (C=N–C) groups is 1. The first-order valence-corrected chi connectivity index (χ1v) is 9.31. The standard InChI is InChI=1S/C18H34N4O/c1-4-19-18(20-11-7-16-9-13-23-14-10-16)22-12-8-17(15-22)21(5-2)6-3/h9,17H,4-8,10-15H2,1-3H3,(H,19,20). The Hall–Kier alpha value is -1.07. The summed E-state index contributed by atoms with van der Waals surface area (Å²) in [7, 11) is 0. The number of nitrogens with one attached hydrogen (secondary N) is 1. The van der Waals surface area contributed by atoms with Crippen LogP contribution in [0.1, 0.15) is 40.0 Å². The van der Waals surface area contributed by atoms with Crippen LogP contribution in [0.2, 0.25) is 0 Å². The molecule has 1 atom stereocenters. The minimum Gasteiger partial charge on any atom is -0.377 e. The first kappa shape index (κ1) is 18.3. The average molecular weight is 322 g/mol. The fourth-order valence-corrected chi connectivity index (χ4v) is 3.50. The van der Waals surface area contributed by atoms with E-state index in [9.17, 15) is 0 Å². The normalized spacial score (nSPS) is 22.6. The molecule has 0 saturated carbocycles. The molecule has 132 valence electrons. The number of likely N-dealkylation sites (N-methyl/N-ethyl adjacent to an activating group) is 1. The SMILES string of the molecule is CCNC(=NCCC1=CCOCC1)N1CCC(N(CC)CC)C1. The van der Waals surface area contributed by atoms with Gasteiger partial charge in [0, 0.05) is 32.2 Å². The summed E-state index contributed by atoms with van der Waals surface area (Å²) >= 11 is 0. The Morgan fingerprint density at radius 1 is 1.39 bits per heavy atom. The van der Waals surface area contributed by atoms with Crippen LogP contribution >= 0.6 is 0 Å². The molecule has 0 bridgehead atoms. The monoisotopic (exact) mass is 322 g/mol. The summed E-state index contributed by atoms with van der Waals surface area (Å²) in [6.07, 6.45) is 5.60. The molecule has 0 amide bonds. The molecule has 1 saturated heterocycles. The van der Waals surface area contributed by atoms with E-state index < -0.39 is 0 Å². The van der Waals surface area contributed by atoms with Crippen LogP contribution in [0.25, 0.3) is 0 Å². The van der Waals surface area contributed by atoms with Gasteiger partial charge in [0.05, 0.1) is 13.2 Å². The molecule has 2 rings (SSSR count). The van der Waals surface area contributed by atoms with E-state index in [0.29, 0.717) is 6.04 Å². The third-order valence-electron chi connectivity index (χ3n) is 4.88. The van der Waals surface area contributed by atoms with Crippen molar-refractivity contribution in [1.29, 1.82) is 0 Å². The van der Waals surface area contributed by atoms with Gasteiger partial charge in [0.15, 0.2) is 5.96 Å². The average Bonchev–Trinajstić information content (AvgIpc) is 3.06. The van der Waals surface area contributed by atoms with E-state index in [1.807, 2.05) is 0 Å². The van der Waals surface area contributed by atoms with Crippen molar-refractivity contribution in [3.63, 3.8) is 0 Å². The molecule has 1 fully saturated rings. The molecule has 0 aromatic carbocycles. The van der Waals surface area contributed by atoms with Gasteiger partial charge in [0.1, 0.15) is 0 Å². The number of hydrogen-bond donors (Lipinski definition) is 1. The molecular formula is C18H34N4O. The highest BCUT2D eigenvalue weighted by atomic mass is 16.5. The third-order valence-corrected chi connectivity index (χ3v) is 4.88. The molecule has 0 aromatic heterocycles. The van der Waals surface area contributed by atoms with Crippen LogP contribution < -0.4 is 5.32 Å². The summed E-state index contributed by atoms with van der Waals surface area (Å²) in [6, 6.07) is 0.673. The van der Waals surface area contributed by atoms with E-state index >= 15 is 0 Å². The number of hydrogen-bond acceptors (Lipinski definition) is 3. The molecule has 1 N–H and O–H groups in total. The Labute approximate surface area is 141 Å². The van der Waals surface area contributed by atoms with Crippen LogP contribution in [0.15, 0.2) is 16.6 Å². The number of rotatable bonds is 7. The van der Waals surface area contributed by atoms with Gasteiger partial charge in [-0.3, -0.25) is 9.89 Å². The van der Waals surface area contributed by atoms with Crippen molar-refractivity contribution in [3.05, 3.63) is 11.6 Å². The smallest absolute Gasteiger partial charge is 0.193 e. The predicted octanol–water partition coefficient (Wildman–Crippen LogP) is 2.10. The van der Waals surface area contributed by atoms with Crippen LogP contribution in [0.3, 0.4) is 0 Å². The Balaban J connectivity index is 1.87. The maximum atomic E-state index is 5.36. The van der Waals surface area contributed by atoms with Crippen LogP contribution in [0.4, 0.5) is 0 Å². The highest BCUT2D eigenvalue weighted by molar-refractivity contribution is 5.80. The van der Waals surface area contributed by atoms with Crippen molar-refractivity contribution >= 4 is 5.96 Å². The van der Waals surface area contributed by atoms with E-state index in [1.54, 1.807) is 0 Å². The van der Waals surface area contributed by atoms with Crippen LogP contribution in [0.5, 0.6) is 0 Å². The summed E-state index contributed by atoms with van der Waals surface area (Å²) in [5, 5.41) is 3.47. The Kier molecular flexibility index (Phi) is 7.89. The molecule has 5 nitrogen and oxygen atoms in total. The predicted molar refractivity (Wildman–Crippen MR) is 97.0 cm³/mol. The van der Waals surface area contributed by atoms with Crippen molar-refractivity contribution in [3.8, 4) is 0 Å². The van der Waals surface area contributed by atoms with Gasteiger partial charge in [0.2, 0.25) is 0 Å². The minimum absolute atomic E-state index is 0.673. The highest BCUT2D eigenvalue weighted by Gasteiger charge is 2.27.